The molecule has 2 atom stereocenters. The molecule has 1 aliphatic rings. The number of likely N-dealkylation sites (tertiary alicyclic amines) is 1. The zero-order valence-electron chi connectivity index (χ0n) is 24.2. The third-order valence-corrected chi connectivity index (χ3v) is 8.38. The summed E-state index contributed by atoms with van der Waals surface area (Å²) in [4.78, 5) is 34.5. The maximum Gasteiger partial charge on any atom is 0.318 e. The summed E-state index contributed by atoms with van der Waals surface area (Å²) < 4.78 is 0. The third kappa shape index (κ3) is 6.62. The smallest absolute Gasteiger partial charge is 0.318 e. The monoisotopic (exact) mass is 587 g/mol. The number of hydrogen-bond acceptors (Lipinski definition) is 4. The number of fused-ring (bicyclic) bond motifs is 1. The summed E-state index contributed by atoms with van der Waals surface area (Å²) in [5, 5.41) is 19.0. The fourth-order valence-electron chi connectivity index (χ4n) is 5.75. The average molecular weight is 588 g/mol. The van der Waals surface area contributed by atoms with Gasteiger partial charge >= 0.3 is 6.03 Å². The van der Waals surface area contributed by atoms with Crippen LogP contribution >= 0.6 is 11.6 Å². The van der Waals surface area contributed by atoms with Crippen LogP contribution in [-0.4, -0.2) is 65.1 Å². The number of piperidine rings is 1. The van der Waals surface area contributed by atoms with Gasteiger partial charge in [-0.25, -0.2) is 4.79 Å². The first kappa shape index (κ1) is 29.6. The molecule has 0 unspecified atom stereocenters. The minimum Gasteiger partial charge on any atom is -0.385 e. The molecule has 1 aliphatic heterocycles. The molecule has 0 radical (unpaired) electrons. The molecule has 3 aromatic carbocycles. The van der Waals surface area contributed by atoms with Crippen molar-refractivity contribution in [2.24, 2.45) is 0 Å². The highest BCUT2D eigenvalue weighted by Gasteiger charge is 2.37. The number of hydrogen-bond donors (Lipinski definition) is 4. The number of aromatic nitrogens is 1. The summed E-state index contributed by atoms with van der Waals surface area (Å²) in [6, 6.07) is 21.7. The molecule has 8 nitrogen and oxygen atoms in total. The van der Waals surface area contributed by atoms with Crippen LogP contribution in [0.2, 0.25) is 5.02 Å². The minimum absolute atomic E-state index is 0.294. The molecule has 2 heterocycles. The van der Waals surface area contributed by atoms with Crippen LogP contribution in [0.3, 0.4) is 0 Å². The molecule has 0 bridgehead atoms. The molecule has 3 amide bonds. The van der Waals surface area contributed by atoms with E-state index in [4.69, 9.17) is 11.6 Å². The van der Waals surface area contributed by atoms with Gasteiger partial charge in [0.25, 0.3) is 0 Å². The van der Waals surface area contributed by atoms with Crippen molar-refractivity contribution < 1.29 is 14.7 Å². The van der Waals surface area contributed by atoms with Crippen molar-refractivity contribution >= 4 is 40.1 Å². The highest BCUT2D eigenvalue weighted by atomic mass is 35.5. The Labute approximate surface area is 251 Å². The Morgan fingerprint density at radius 3 is 2.48 bits per heavy atom. The van der Waals surface area contributed by atoms with Crippen LogP contribution in [-0.2, 0) is 16.9 Å². The molecule has 1 aromatic heterocycles. The molecule has 4 aromatic rings. The average Bonchev–Trinajstić information content (AvgIpc) is 3.40. The highest BCUT2D eigenvalue weighted by Crippen LogP contribution is 2.34. The molecule has 5 rings (SSSR count). The summed E-state index contributed by atoms with van der Waals surface area (Å²) in [5.41, 5.74) is 3.42. The highest BCUT2D eigenvalue weighted by molar-refractivity contribution is 6.30. The van der Waals surface area contributed by atoms with Gasteiger partial charge in [0.2, 0.25) is 5.91 Å². The van der Waals surface area contributed by atoms with Gasteiger partial charge in [-0.05, 0) is 74.0 Å². The number of halogens is 1. The number of aromatic amines is 1. The summed E-state index contributed by atoms with van der Waals surface area (Å²) >= 11 is 6.03. The maximum absolute atomic E-state index is 13.8. The number of carbonyl (C=O) groups is 2. The number of nitrogens with one attached hydrogen (secondary N) is 3. The molecular weight excluding hydrogens is 550 g/mol. The number of aliphatic hydroxyl groups is 1. The first-order valence-electron chi connectivity index (χ1n) is 14.3. The van der Waals surface area contributed by atoms with Gasteiger partial charge in [0.05, 0.1) is 5.60 Å². The zero-order chi connectivity index (χ0) is 29.9. The van der Waals surface area contributed by atoms with Crippen molar-refractivity contribution in [2.45, 2.75) is 43.9 Å². The molecule has 4 N–H and O–H groups in total. The first-order valence-corrected chi connectivity index (χ1v) is 14.7. The van der Waals surface area contributed by atoms with Crippen LogP contribution < -0.4 is 10.6 Å². The van der Waals surface area contributed by atoms with E-state index in [0.717, 1.165) is 34.1 Å². The SMILES string of the molecule is C[C@H](c1c[nH]c2ccccc12)[C@@H](NC(=O)N1CCC(O)(c2ccc(Cl)cc2)CC1)C(=O)Nc1cccc(CN(C)C)c1. The fourth-order valence-corrected chi connectivity index (χ4v) is 5.88. The van der Waals surface area contributed by atoms with Gasteiger partial charge in [-0.15, -0.1) is 0 Å². The second kappa shape index (κ2) is 12.6. The predicted molar refractivity (Wildman–Crippen MR) is 168 cm³/mol. The third-order valence-electron chi connectivity index (χ3n) is 8.13. The number of benzene rings is 3. The van der Waals surface area contributed by atoms with E-state index in [1.807, 2.05) is 87.9 Å². The van der Waals surface area contributed by atoms with Gasteiger partial charge in [0.15, 0.2) is 0 Å². The Balaban J connectivity index is 1.34. The standard InChI is InChI=1S/C33H38ClN5O3/c1-22(28-20-35-29-10-5-4-9-27(28)29)30(31(40)36-26-8-6-7-23(19-26)21-38(2)3)37-32(41)39-17-15-33(42,16-18-39)24-11-13-25(34)14-12-24/h4-14,19-20,22,30,35,42H,15-18,21H2,1-3H3,(H,36,40)(H,37,41)/t22-,30-/m1/s1. The van der Waals surface area contributed by atoms with Gasteiger partial charge in [-0.3, -0.25) is 4.79 Å². The molecule has 1 saturated heterocycles. The lowest BCUT2D eigenvalue weighted by molar-refractivity contribution is -0.118. The van der Waals surface area contributed by atoms with E-state index in [2.05, 4.69) is 20.5 Å². The Bertz CT molecular complexity index is 1540. The lowest BCUT2D eigenvalue weighted by atomic mass is 9.84. The summed E-state index contributed by atoms with van der Waals surface area (Å²) in [6.45, 7) is 3.41. The number of nitrogens with zero attached hydrogens (tertiary/aromatic N) is 2. The first-order chi connectivity index (χ1) is 20.1. The predicted octanol–water partition coefficient (Wildman–Crippen LogP) is 5.69. The van der Waals surface area contributed by atoms with Gasteiger partial charge in [-0.1, -0.05) is 61.0 Å². The summed E-state index contributed by atoms with van der Waals surface area (Å²) in [6.07, 6.45) is 2.68. The second-order valence-electron chi connectivity index (χ2n) is 11.5. The molecule has 1 fully saturated rings. The number of H-pyrrole nitrogens is 1. The Kier molecular flexibility index (Phi) is 8.87. The topological polar surface area (TPSA) is 101 Å². The van der Waals surface area contributed by atoms with Crippen LogP contribution in [0.4, 0.5) is 10.5 Å². The van der Waals surface area contributed by atoms with E-state index in [0.29, 0.717) is 36.6 Å². The quantitative estimate of drug-likeness (QED) is 0.213. The Hall–Kier alpha value is -3.85. The van der Waals surface area contributed by atoms with Crippen molar-refractivity contribution in [2.75, 3.05) is 32.5 Å². The number of rotatable bonds is 8. The molecule has 0 aliphatic carbocycles. The Morgan fingerprint density at radius 2 is 1.76 bits per heavy atom. The van der Waals surface area contributed by atoms with Crippen molar-refractivity contribution in [3.63, 3.8) is 0 Å². The molecule has 220 valence electrons. The molecular formula is C33H38ClN5O3. The zero-order valence-corrected chi connectivity index (χ0v) is 25.0. The number of para-hydroxylation sites is 1. The van der Waals surface area contributed by atoms with Gasteiger partial charge in [-0.2, -0.15) is 0 Å². The van der Waals surface area contributed by atoms with E-state index in [1.165, 1.54) is 0 Å². The van der Waals surface area contributed by atoms with Crippen molar-refractivity contribution in [3.05, 3.63) is 101 Å². The normalized spacial score (nSPS) is 16.3. The van der Waals surface area contributed by atoms with Crippen LogP contribution in [0, 0.1) is 0 Å². The van der Waals surface area contributed by atoms with Crippen molar-refractivity contribution in [1.82, 2.24) is 20.1 Å². The lowest BCUT2D eigenvalue weighted by Gasteiger charge is -2.39. The molecule has 0 spiro atoms. The minimum atomic E-state index is -1.03. The van der Waals surface area contributed by atoms with Crippen LogP contribution in [0.1, 0.15) is 42.4 Å². The summed E-state index contributed by atoms with van der Waals surface area (Å²) in [7, 11) is 3.99. The number of carbonyl (C=O) groups excluding carboxylic acids is 2. The van der Waals surface area contributed by atoms with Crippen LogP contribution in [0.25, 0.3) is 10.9 Å². The largest absolute Gasteiger partial charge is 0.385 e. The molecule has 0 saturated carbocycles. The molecule has 9 heteroatoms. The van der Waals surface area contributed by atoms with E-state index < -0.39 is 11.6 Å². The van der Waals surface area contributed by atoms with E-state index >= 15 is 0 Å². The second-order valence-corrected chi connectivity index (χ2v) is 11.9. The summed E-state index contributed by atoms with van der Waals surface area (Å²) in [5.74, 6) is -0.622. The van der Waals surface area contributed by atoms with E-state index in [1.54, 1.807) is 17.0 Å². The lowest BCUT2D eigenvalue weighted by Crippen LogP contribution is -2.54. The van der Waals surface area contributed by atoms with Crippen LogP contribution in [0.15, 0.2) is 79.0 Å². The van der Waals surface area contributed by atoms with Gasteiger partial charge in [0, 0.05) is 53.4 Å². The van der Waals surface area contributed by atoms with E-state index in [9.17, 15) is 14.7 Å². The number of urea groups is 1. The number of anilines is 1. The van der Waals surface area contributed by atoms with Crippen LogP contribution in [0.5, 0.6) is 0 Å². The fraction of sp³-hybridized carbons (Fsp3) is 0.333. The maximum atomic E-state index is 13.8. The molecule has 42 heavy (non-hydrogen) atoms. The van der Waals surface area contributed by atoms with Crippen molar-refractivity contribution in [1.29, 1.82) is 0 Å². The van der Waals surface area contributed by atoms with Gasteiger partial charge < -0.3 is 30.5 Å². The van der Waals surface area contributed by atoms with Gasteiger partial charge in [0.1, 0.15) is 6.04 Å². The Morgan fingerprint density at radius 1 is 1.05 bits per heavy atom. The van der Waals surface area contributed by atoms with E-state index in [-0.39, 0.29) is 17.9 Å². The number of amides is 3. The van der Waals surface area contributed by atoms with Crippen molar-refractivity contribution in [3.8, 4) is 0 Å².